The van der Waals surface area contributed by atoms with E-state index in [0.29, 0.717) is 12.5 Å². The largest absolute Gasteiger partial charge is 0.355 e. The lowest BCUT2D eigenvalue weighted by Crippen LogP contribution is -2.37. The Morgan fingerprint density at radius 1 is 1.69 bits per heavy atom. The van der Waals surface area contributed by atoms with Crippen LogP contribution >= 0.6 is 0 Å². The highest BCUT2D eigenvalue weighted by molar-refractivity contribution is 5.77. The van der Waals surface area contributed by atoms with Crippen LogP contribution in [0.5, 0.6) is 0 Å². The maximum absolute atomic E-state index is 10.9. The number of hydrogen-bond acceptors (Lipinski definition) is 3. The van der Waals surface area contributed by atoms with Gasteiger partial charge in [-0.3, -0.25) is 4.79 Å². The van der Waals surface area contributed by atoms with E-state index in [9.17, 15) is 4.79 Å². The Morgan fingerprint density at radius 3 is 3.15 bits per heavy atom. The molecule has 1 rings (SSSR count). The van der Waals surface area contributed by atoms with Crippen molar-refractivity contribution in [1.29, 1.82) is 5.26 Å². The van der Waals surface area contributed by atoms with E-state index in [2.05, 4.69) is 10.6 Å². The normalized spacial score (nSPS) is 21.9. The number of carbonyl (C=O) groups is 1. The molecule has 0 aromatic heterocycles. The van der Waals surface area contributed by atoms with Crippen molar-refractivity contribution in [2.75, 3.05) is 19.6 Å². The SMILES string of the molecule is N#CCC(=O)NCC1CCCNC1. The van der Waals surface area contributed by atoms with Crippen LogP contribution in [-0.2, 0) is 4.79 Å². The van der Waals surface area contributed by atoms with E-state index >= 15 is 0 Å². The molecule has 1 unspecified atom stereocenters. The summed E-state index contributed by atoms with van der Waals surface area (Å²) in [5.74, 6) is 0.379. The molecule has 0 spiro atoms. The topological polar surface area (TPSA) is 64.9 Å². The molecule has 1 amide bonds. The predicted molar refractivity (Wildman–Crippen MR) is 48.8 cm³/mol. The van der Waals surface area contributed by atoms with Gasteiger partial charge in [0.15, 0.2) is 0 Å². The molecule has 1 atom stereocenters. The van der Waals surface area contributed by atoms with Crippen molar-refractivity contribution in [2.45, 2.75) is 19.3 Å². The fraction of sp³-hybridized carbons (Fsp3) is 0.778. The minimum atomic E-state index is -0.159. The maximum Gasteiger partial charge on any atom is 0.234 e. The molecule has 0 radical (unpaired) electrons. The van der Waals surface area contributed by atoms with Crippen molar-refractivity contribution in [3.8, 4) is 6.07 Å². The van der Waals surface area contributed by atoms with E-state index in [-0.39, 0.29) is 12.3 Å². The lowest BCUT2D eigenvalue weighted by molar-refractivity contribution is -0.120. The Hall–Kier alpha value is -1.08. The number of rotatable bonds is 3. The quantitative estimate of drug-likeness (QED) is 0.645. The first-order chi connectivity index (χ1) is 6.33. The predicted octanol–water partition coefficient (Wildman–Crippen LogP) is 0.0159. The van der Waals surface area contributed by atoms with E-state index in [4.69, 9.17) is 5.26 Å². The van der Waals surface area contributed by atoms with Crippen LogP contribution < -0.4 is 10.6 Å². The first kappa shape index (κ1) is 10.0. The summed E-state index contributed by atoms with van der Waals surface area (Å²) < 4.78 is 0. The maximum atomic E-state index is 10.9. The molecule has 0 aromatic rings. The third-order valence-electron chi connectivity index (χ3n) is 2.23. The van der Waals surface area contributed by atoms with E-state index < -0.39 is 0 Å². The molecule has 1 saturated heterocycles. The third kappa shape index (κ3) is 3.90. The number of piperidine rings is 1. The molecule has 1 aliphatic heterocycles. The molecule has 0 aromatic carbocycles. The molecule has 4 nitrogen and oxygen atoms in total. The van der Waals surface area contributed by atoms with E-state index in [1.54, 1.807) is 0 Å². The average Bonchev–Trinajstić information content (AvgIpc) is 2.17. The molecule has 1 fully saturated rings. The fourth-order valence-corrected chi connectivity index (χ4v) is 1.49. The van der Waals surface area contributed by atoms with Crippen LogP contribution in [0.15, 0.2) is 0 Å². The summed E-state index contributed by atoms with van der Waals surface area (Å²) in [5, 5.41) is 14.3. The van der Waals surface area contributed by atoms with E-state index in [0.717, 1.165) is 13.1 Å². The highest BCUT2D eigenvalue weighted by Gasteiger charge is 2.13. The average molecular weight is 181 g/mol. The van der Waals surface area contributed by atoms with Gasteiger partial charge in [0.25, 0.3) is 0 Å². The van der Waals surface area contributed by atoms with Crippen LogP contribution in [0, 0.1) is 17.2 Å². The summed E-state index contributed by atoms with van der Waals surface area (Å²) in [4.78, 5) is 10.9. The van der Waals surface area contributed by atoms with Crippen LogP contribution in [0.2, 0.25) is 0 Å². The number of nitrogens with one attached hydrogen (secondary N) is 2. The van der Waals surface area contributed by atoms with Gasteiger partial charge in [0.2, 0.25) is 5.91 Å². The molecule has 13 heavy (non-hydrogen) atoms. The third-order valence-corrected chi connectivity index (χ3v) is 2.23. The summed E-state index contributed by atoms with van der Waals surface area (Å²) in [6.45, 7) is 2.77. The van der Waals surface area contributed by atoms with Crippen molar-refractivity contribution >= 4 is 5.91 Å². The Kier molecular flexibility index (Phi) is 4.27. The second-order valence-electron chi connectivity index (χ2n) is 3.35. The van der Waals surface area contributed by atoms with Crippen LogP contribution in [0.1, 0.15) is 19.3 Å². The molecule has 2 N–H and O–H groups in total. The van der Waals surface area contributed by atoms with Gasteiger partial charge in [-0.05, 0) is 31.8 Å². The van der Waals surface area contributed by atoms with Crippen LogP contribution in [0.4, 0.5) is 0 Å². The van der Waals surface area contributed by atoms with Gasteiger partial charge in [0.05, 0.1) is 6.07 Å². The first-order valence-electron chi connectivity index (χ1n) is 4.67. The minimum absolute atomic E-state index is 0.0276. The summed E-state index contributed by atoms with van der Waals surface area (Å²) in [5.41, 5.74) is 0. The van der Waals surface area contributed by atoms with Crippen molar-refractivity contribution in [3.05, 3.63) is 0 Å². The highest BCUT2D eigenvalue weighted by Crippen LogP contribution is 2.07. The molecular formula is C9H15N3O. The van der Waals surface area contributed by atoms with Crippen LogP contribution in [0.25, 0.3) is 0 Å². The van der Waals surface area contributed by atoms with E-state index in [1.807, 2.05) is 6.07 Å². The monoisotopic (exact) mass is 181 g/mol. The highest BCUT2D eigenvalue weighted by atomic mass is 16.1. The van der Waals surface area contributed by atoms with Gasteiger partial charge in [0.1, 0.15) is 6.42 Å². The Labute approximate surface area is 78.3 Å². The smallest absolute Gasteiger partial charge is 0.234 e. The molecule has 72 valence electrons. The molecule has 0 saturated carbocycles. The van der Waals surface area contributed by atoms with Crippen molar-refractivity contribution < 1.29 is 4.79 Å². The van der Waals surface area contributed by atoms with Crippen molar-refractivity contribution in [2.24, 2.45) is 5.92 Å². The number of hydrogen-bond donors (Lipinski definition) is 2. The molecule has 4 heteroatoms. The molecular weight excluding hydrogens is 166 g/mol. The summed E-state index contributed by atoms with van der Waals surface area (Å²) >= 11 is 0. The van der Waals surface area contributed by atoms with Gasteiger partial charge in [-0.2, -0.15) is 5.26 Å². The summed E-state index contributed by atoms with van der Waals surface area (Å²) in [7, 11) is 0. The number of nitriles is 1. The molecule has 0 aliphatic carbocycles. The van der Waals surface area contributed by atoms with Gasteiger partial charge < -0.3 is 10.6 Å². The number of carbonyl (C=O) groups excluding carboxylic acids is 1. The Balaban J connectivity index is 2.10. The zero-order valence-corrected chi connectivity index (χ0v) is 7.68. The standard InChI is InChI=1S/C9H15N3O/c10-4-3-9(13)12-7-8-2-1-5-11-6-8/h8,11H,1-3,5-7H2,(H,12,13). The van der Waals surface area contributed by atoms with Gasteiger partial charge in [-0.25, -0.2) is 0 Å². The van der Waals surface area contributed by atoms with Gasteiger partial charge in [-0.15, -0.1) is 0 Å². The van der Waals surface area contributed by atoms with Crippen molar-refractivity contribution in [3.63, 3.8) is 0 Å². The summed E-state index contributed by atoms with van der Waals surface area (Å²) in [6, 6.07) is 1.83. The lowest BCUT2D eigenvalue weighted by Gasteiger charge is -2.22. The Bertz CT molecular complexity index is 203. The van der Waals surface area contributed by atoms with Crippen LogP contribution in [0.3, 0.4) is 0 Å². The molecule has 1 aliphatic rings. The van der Waals surface area contributed by atoms with Gasteiger partial charge >= 0.3 is 0 Å². The van der Waals surface area contributed by atoms with E-state index in [1.165, 1.54) is 12.8 Å². The second kappa shape index (κ2) is 5.55. The molecule has 0 bridgehead atoms. The second-order valence-corrected chi connectivity index (χ2v) is 3.35. The summed E-state index contributed by atoms with van der Waals surface area (Å²) in [6.07, 6.45) is 2.32. The van der Waals surface area contributed by atoms with Gasteiger partial charge in [-0.1, -0.05) is 0 Å². The molecule has 1 heterocycles. The number of nitrogens with zero attached hydrogens (tertiary/aromatic N) is 1. The zero-order chi connectivity index (χ0) is 9.52. The lowest BCUT2D eigenvalue weighted by atomic mass is 10.00. The Morgan fingerprint density at radius 2 is 2.54 bits per heavy atom. The van der Waals surface area contributed by atoms with Crippen LogP contribution in [-0.4, -0.2) is 25.5 Å². The minimum Gasteiger partial charge on any atom is -0.355 e. The fourth-order valence-electron chi connectivity index (χ4n) is 1.49. The van der Waals surface area contributed by atoms with Crippen molar-refractivity contribution in [1.82, 2.24) is 10.6 Å². The first-order valence-corrected chi connectivity index (χ1v) is 4.67. The van der Waals surface area contributed by atoms with Gasteiger partial charge in [0, 0.05) is 6.54 Å². The zero-order valence-electron chi connectivity index (χ0n) is 7.68. The number of amides is 1.